The van der Waals surface area contributed by atoms with Crippen molar-refractivity contribution in [3.8, 4) is 0 Å². The number of halogens is 2. The van der Waals surface area contributed by atoms with Gasteiger partial charge in [-0.25, -0.2) is 0 Å². The molecule has 124 valence electrons. The number of hydrogen-bond acceptors (Lipinski definition) is 6. The van der Waals surface area contributed by atoms with Crippen LogP contribution in [0.25, 0.3) is 0 Å². The minimum atomic E-state index is -4.41. The average Bonchev–Trinajstić information content (AvgIpc) is 2.43. The molecule has 1 aromatic carbocycles. The van der Waals surface area contributed by atoms with Gasteiger partial charge in [0, 0.05) is 5.69 Å². The van der Waals surface area contributed by atoms with Gasteiger partial charge < -0.3 is 0 Å². The van der Waals surface area contributed by atoms with Gasteiger partial charge in [0.15, 0.2) is 5.37 Å². The number of rotatable bonds is 5. The Morgan fingerprint density at radius 3 is 2.09 bits per heavy atom. The van der Waals surface area contributed by atoms with Crippen molar-refractivity contribution in [2.45, 2.75) is 25.6 Å². The molecule has 0 aliphatic carbocycles. The largest absolute Gasteiger partial charge is 0.290 e. The van der Waals surface area contributed by atoms with Gasteiger partial charge >= 0.3 is 0 Å². The lowest BCUT2D eigenvalue weighted by molar-refractivity contribution is 0.463. The highest BCUT2D eigenvalue weighted by Gasteiger charge is 2.32. The van der Waals surface area contributed by atoms with Gasteiger partial charge in [-0.2, -0.15) is 23.4 Å². The summed E-state index contributed by atoms with van der Waals surface area (Å²) in [6, 6.07) is 6.97. The van der Waals surface area contributed by atoms with E-state index in [1.165, 1.54) is 4.90 Å². The van der Waals surface area contributed by atoms with Crippen LogP contribution < -0.4 is 4.90 Å². The van der Waals surface area contributed by atoms with Crippen LogP contribution in [0.1, 0.15) is 18.9 Å². The molecule has 1 heterocycles. The van der Waals surface area contributed by atoms with Crippen molar-refractivity contribution in [2.75, 3.05) is 4.90 Å². The molecule has 2 aromatic rings. The van der Waals surface area contributed by atoms with Crippen LogP contribution in [0.15, 0.2) is 24.3 Å². The molecule has 0 amide bonds. The number of nitrogens with zero attached hydrogens (tertiary/aromatic N) is 4. The van der Waals surface area contributed by atoms with Crippen LogP contribution in [0.3, 0.4) is 0 Å². The van der Waals surface area contributed by atoms with Gasteiger partial charge in [-0.05, 0) is 48.7 Å². The second-order valence-corrected chi connectivity index (χ2v) is 7.01. The number of benzene rings is 1. The predicted octanol–water partition coefficient (Wildman–Crippen LogP) is 3.25. The lowest BCUT2D eigenvalue weighted by Crippen LogP contribution is -2.38. The maximum absolute atomic E-state index is 11.8. The lowest BCUT2D eigenvalue weighted by Gasteiger charge is -2.29. The molecule has 0 aliphatic rings. The maximum atomic E-state index is 11.8. The summed E-state index contributed by atoms with van der Waals surface area (Å²) in [6.45, 7) is 3.51. The highest BCUT2D eigenvalue weighted by Crippen LogP contribution is 2.29. The molecule has 1 N–H and O–H groups in total. The molecule has 23 heavy (non-hydrogen) atoms. The van der Waals surface area contributed by atoms with Crippen LogP contribution in [-0.2, 0) is 10.1 Å². The molecule has 0 saturated carbocycles. The molecule has 2 rings (SSSR count). The Hall–Kier alpha value is -1.48. The van der Waals surface area contributed by atoms with Crippen LogP contribution in [0, 0.1) is 6.92 Å². The van der Waals surface area contributed by atoms with Crippen molar-refractivity contribution in [3.05, 3.63) is 40.4 Å². The molecular formula is C13H14Cl2N4O3S. The SMILES string of the molecule is CCC(N(c1ccc(C)cc1)c1nc(Cl)nc(Cl)n1)S(=O)(=O)O. The van der Waals surface area contributed by atoms with E-state index < -0.39 is 15.5 Å². The Morgan fingerprint density at radius 2 is 1.65 bits per heavy atom. The van der Waals surface area contributed by atoms with Gasteiger partial charge in [0.25, 0.3) is 10.1 Å². The molecule has 1 atom stereocenters. The van der Waals surface area contributed by atoms with Gasteiger partial charge in [0.05, 0.1) is 0 Å². The van der Waals surface area contributed by atoms with Crippen molar-refractivity contribution >= 4 is 45.0 Å². The second-order valence-electron chi connectivity index (χ2n) is 4.76. The van der Waals surface area contributed by atoms with Gasteiger partial charge in [-0.1, -0.05) is 24.6 Å². The predicted molar refractivity (Wildman–Crippen MR) is 88.8 cm³/mol. The van der Waals surface area contributed by atoms with Crippen LogP contribution in [0.4, 0.5) is 11.6 Å². The fourth-order valence-corrected chi connectivity index (χ4v) is 3.32. The number of aromatic nitrogens is 3. The molecule has 0 aliphatic heterocycles. The summed E-state index contributed by atoms with van der Waals surface area (Å²) in [5.41, 5.74) is 1.46. The van der Waals surface area contributed by atoms with E-state index in [1.54, 1.807) is 31.2 Å². The number of anilines is 2. The molecule has 1 aromatic heterocycles. The van der Waals surface area contributed by atoms with E-state index in [9.17, 15) is 13.0 Å². The van der Waals surface area contributed by atoms with Crippen LogP contribution >= 0.6 is 23.2 Å². The number of hydrogen-bond donors (Lipinski definition) is 1. The zero-order valence-corrected chi connectivity index (χ0v) is 14.6. The van der Waals surface area contributed by atoms with E-state index in [4.69, 9.17) is 23.2 Å². The van der Waals surface area contributed by atoms with Crippen molar-refractivity contribution in [1.82, 2.24) is 15.0 Å². The van der Waals surface area contributed by atoms with Crippen molar-refractivity contribution in [1.29, 1.82) is 0 Å². The number of aryl methyl sites for hydroxylation is 1. The van der Waals surface area contributed by atoms with Gasteiger partial charge in [0.2, 0.25) is 16.5 Å². The summed E-state index contributed by atoms with van der Waals surface area (Å²) in [6.07, 6.45) is 0.0909. The van der Waals surface area contributed by atoms with Gasteiger partial charge in [0.1, 0.15) is 0 Å². The minimum Gasteiger partial charge on any atom is -0.290 e. The van der Waals surface area contributed by atoms with Crippen LogP contribution in [-0.4, -0.2) is 33.3 Å². The normalized spacial score (nSPS) is 12.9. The fourth-order valence-electron chi connectivity index (χ4n) is 2.07. The minimum absolute atomic E-state index is 0.0664. The first-order chi connectivity index (χ1) is 10.7. The van der Waals surface area contributed by atoms with E-state index in [0.717, 1.165) is 5.56 Å². The Morgan fingerprint density at radius 1 is 1.13 bits per heavy atom. The molecule has 7 nitrogen and oxygen atoms in total. The third-order valence-electron chi connectivity index (χ3n) is 3.08. The summed E-state index contributed by atoms with van der Waals surface area (Å²) in [5, 5.41) is -1.65. The molecule has 0 saturated heterocycles. The highest BCUT2D eigenvalue weighted by atomic mass is 35.5. The molecule has 1 unspecified atom stereocenters. The third kappa shape index (κ3) is 4.29. The van der Waals surface area contributed by atoms with E-state index in [0.29, 0.717) is 5.69 Å². The molecule has 0 spiro atoms. The average molecular weight is 377 g/mol. The first-order valence-electron chi connectivity index (χ1n) is 6.61. The first kappa shape index (κ1) is 17.9. The standard InChI is InChI=1S/C13H14Cl2N4O3S/c1-3-10(23(20,21)22)19(9-6-4-8(2)5-7-9)13-17-11(14)16-12(15)18-13/h4-7,10H,3H2,1-2H3,(H,20,21,22). The molecule has 0 bridgehead atoms. The zero-order chi connectivity index (χ0) is 17.2. The van der Waals surface area contributed by atoms with Crippen LogP contribution in [0.2, 0.25) is 10.6 Å². The Kier molecular flexibility index (Phi) is 5.41. The topological polar surface area (TPSA) is 96.3 Å². The smallest absolute Gasteiger partial charge is 0.286 e. The monoisotopic (exact) mass is 376 g/mol. The lowest BCUT2D eigenvalue weighted by atomic mass is 10.2. The molecular weight excluding hydrogens is 363 g/mol. The quantitative estimate of drug-likeness (QED) is 0.799. The third-order valence-corrected chi connectivity index (χ3v) is 4.65. The summed E-state index contributed by atoms with van der Waals surface area (Å²) >= 11 is 11.6. The summed E-state index contributed by atoms with van der Waals surface area (Å²) in [7, 11) is -4.41. The van der Waals surface area contributed by atoms with Gasteiger partial charge in [-0.3, -0.25) is 9.45 Å². The fraction of sp³-hybridized carbons (Fsp3) is 0.308. The summed E-state index contributed by atoms with van der Waals surface area (Å²) < 4.78 is 33.1. The summed E-state index contributed by atoms with van der Waals surface area (Å²) in [5.74, 6) is -0.0664. The van der Waals surface area contributed by atoms with Crippen molar-refractivity contribution < 1.29 is 13.0 Å². The molecule has 0 fully saturated rings. The molecule has 0 radical (unpaired) electrons. The second kappa shape index (κ2) is 6.96. The zero-order valence-electron chi connectivity index (χ0n) is 12.3. The van der Waals surface area contributed by atoms with Crippen molar-refractivity contribution in [2.24, 2.45) is 0 Å². The van der Waals surface area contributed by atoms with Gasteiger partial charge in [-0.15, -0.1) is 0 Å². The maximum Gasteiger partial charge on any atom is 0.286 e. The van der Waals surface area contributed by atoms with E-state index in [-0.39, 0.29) is 22.9 Å². The van der Waals surface area contributed by atoms with Crippen molar-refractivity contribution in [3.63, 3.8) is 0 Å². The van der Waals surface area contributed by atoms with E-state index in [1.807, 2.05) is 6.92 Å². The Bertz CT molecular complexity index is 779. The molecule has 10 heteroatoms. The van der Waals surface area contributed by atoms with Crippen LogP contribution in [0.5, 0.6) is 0 Å². The van der Waals surface area contributed by atoms with E-state index in [2.05, 4.69) is 15.0 Å². The summed E-state index contributed by atoms with van der Waals surface area (Å²) in [4.78, 5) is 12.7. The first-order valence-corrected chi connectivity index (χ1v) is 8.87. The van der Waals surface area contributed by atoms with E-state index >= 15 is 0 Å². The Balaban J connectivity index is 2.66. The Labute approximate surface area is 144 Å². The highest BCUT2D eigenvalue weighted by molar-refractivity contribution is 7.86.